The first-order valence-corrected chi connectivity index (χ1v) is 7.67. The number of nitrogens with one attached hydrogen (secondary N) is 1. The maximum absolute atomic E-state index is 6.00. The molecule has 1 atom stereocenters. The van der Waals surface area contributed by atoms with Crippen molar-refractivity contribution in [1.82, 2.24) is 0 Å². The van der Waals surface area contributed by atoms with Crippen molar-refractivity contribution in [2.45, 2.75) is 25.9 Å². The number of ether oxygens (including phenoxy) is 1. The molecule has 0 amide bonds. The minimum atomic E-state index is -0.0214. The van der Waals surface area contributed by atoms with Gasteiger partial charge in [-0.05, 0) is 36.6 Å². The minimum absolute atomic E-state index is 0.0214. The summed E-state index contributed by atoms with van der Waals surface area (Å²) in [5.41, 5.74) is 8.74. The molecule has 1 unspecified atom stereocenters. The molecule has 0 radical (unpaired) electrons. The summed E-state index contributed by atoms with van der Waals surface area (Å²) in [6.45, 7) is 2.84. The Balaban J connectivity index is 1.73. The van der Waals surface area contributed by atoms with Gasteiger partial charge in [-0.15, -0.1) is 0 Å². The van der Waals surface area contributed by atoms with E-state index in [0.29, 0.717) is 5.69 Å². The van der Waals surface area contributed by atoms with Gasteiger partial charge in [0.1, 0.15) is 11.6 Å². The molecule has 0 aromatic heterocycles. The van der Waals surface area contributed by atoms with Crippen molar-refractivity contribution in [3.05, 3.63) is 54.1 Å². The Bertz CT molecular complexity index is 667. The van der Waals surface area contributed by atoms with Gasteiger partial charge in [0.15, 0.2) is 6.10 Å². The number of fused-ring (bicyclic) bond motifs is 1. The number of nitrogen functional groups attached to an aromatic ring is 1. The van der Waals surface area contributed by atoms with Crippen LogP contribution in [-0.2, 0) is 6.42 Å². The van der Waals surface area contributed by atoms with Crippen molar-refractivity contribution >= 4 is 17.2 Å². The van der Waals surface area contributed by atoms with Crippen LogP contribution in [0.15, 0.2) is 53.5 Å². The molecule has 114 valence electrons. The highest BCUT2D eigenvalue weighted by Gasteiger charge is 2.24. The van der Waals surface area contributed by atoms with E-state index < -0.39 is 0 Å². The summed E-state index contributed by atoms with van der Waals surface area (Å²) in [6, 6.07) is 16.0. The molecule has 1 aliphatic rings. The molecule has 1 aliphatic heterocycles. The van der Waals surface area contributed by atoms with E-state index in [1.54, 1.807) is 0 Å². The normalized spacial score (nSPS) is 18.4. The molecular weight excluding hydrogens is 274 g/mol. The number of nitrogens with zero attached hydrogens (tertiary/aromatic N) is 1. The number of amidine groups is 1. The molecule has 2 aromatic rings. The molecule has 0 spiro atoms. The van der Waals surface area contributed by atoms with Crippen LogP contribution in [0.5, 0.6) is 5.75 Å². The van der Waals surface area contributed by atoms with Gasteiger partial charge in [-0.3, -0.25) is 4.99 Å². The first kappa shape index (κ1) is 14.4. The van der Waals surface area contributed by atoms with Crippen molar-refractivity contribution in [3.8, 4) is 5.75 Å². The maximum Gasteiger partial charge on any atom is 0.155 e. The molecule has 2 aromatic carbocycles. The Morgan fingerprint density at radius 3 is 2.77 bits per heavy atom. The summed E-state index contributed by atoms with van der Waals surface area (Å²) in [7, 11) is 0. The third kappa shape index (κ3) is 3.22. The Kier molecular flexibility index (Phi) is 4.28. The maximum atomic E-state index is 6.00. The van der Waals surface area contributed by atoms with E-state index in [4.69, 9.17) is 15.5 Å². The second-order valence-electron chi connectivity index (χ2n) is 5.40. The third-order valence-electron chi connectivity index (χ3n) is 3.74. The molecule has 4 heteroatoms. The van der Waals surface area contributed by atoms with Crippen LogP contribution in [0, 0.1) is 0 Å². The van der Waals surface area contributed by atoms with Crippen molar-refractivity contribution in [2.75, 3.05) is 17.6 Å². The van der Waals surface area contributed by atoms with Crippen LogP contribution in [-0.4, -0.2) is 18.5 Å². The van der Waals surface area contributed by atoms with Crippen LogP contribution in [0.2, 0.25) is 0 Å². The van der Waals surface area contributed by atoms with Crippen LogP contribution in [0.4, 0.5) is 11.4 Å². The average molecular weight is 295 g/mol. The molecular formula is C18H21N3O. The lowest BCUT2D eigenvalue weighted by atomic mass is 10.1. The summed E-state index contributed by atoms with van der Waals surface area (Å²) in [4.78, 5) is 4.70. The Morgan fingerprint density at radius 1 is 1.18 bits per heavy atom. The van der Waals surface area contributed by atoms with Gasteiger partial charge in [0.05, 0.1) is 5.69 Å². The first-order valence-electron chi connectivity index (χ1n) is 7.67. The average Bonchev–Trinajstić information content (AvgIpc) is 2.55. The molecule has 0 fully saturated rings. The summed E-state index contributed by atoms with van der Waals surface area (Å²) >= 11 is 0. The molecule has 22 heavy (non-hydrogen) atoms. The molecule has 0 aliphatic carbocycles. The van der Waals surface area contributed by atoms with Crippen LogP contribution in [0.3, 0.4) is 0 Å². The zero-order valence-electron chi connectivity index (χ0n) is 12.8. The molecule has 3 N–H and O–H groups in total. The van der Waals surface area contributed by atoms with Crippen LogP contribution in [0.1, 0.15) is 18.9 Å². The van der Waals surface area contributed by atoms with Crippen molar-refractivity contribution in [2.24, 2.45) is 4.99 Å². The van der Waals surface area contributed by atoms with Gasteiger partial charge in [-0.25, -0.2) is 0 Å². The van der Waals surface area contributed by atoms with Crippen LogP contribution < -0.4 is 15.8 Å². The van der Waals surface area contributed by atoms with Crippen LogP contribution in [0.25, 0.3) is 0 Å². The van der Waals surface area contributed by atoms with E-state index in [2.05, 4.69) is 36.5 Å². The fourth-order valence-electron chi connectivity index (χ4n) is 2.54. The smallest absolute Gasteiger partial charge is 0.155 e. The zero-order chi connectivity index (χ0) is 15.4. The summed E-state index contributed by atoms with van der Waals surface area (Å²) < 4.78 is 6.00. The highest BCUT2D eigenvalue weighted by Crippen LogP contribution is 2.32. The largest absolute Gasteiger partial charge is 0.480 e. The van der Waals surface area contributed by atoms with E-state index in [1.807, 2.05) is 24.3 Å². The van der Waals surface area contributed by atoms with E-state index in [0.717, 1.165) is 36.7 Å². The first-order chi connectivity index (χ1) is 10.8. The number of benzene rings is 2. The summed E-state index contributed by atoms with van der Waals surface area (Å²) in [5, 5.41) is 3.37. The second kappa shape index (κ2) is 6.52. The van der Waals surface area contributed by atoms with Gasteiger partial charge in [0, 0.05) is 12.2 Å². The SMILES string of the molecule is CCC1Oc2ccc(N)cc2NC1=NCCc1ccccc1. The van der Waals surface area contributed by atoms with Gasteiger partial charge in [-0.2, -0.15) is 0 Å². The zero-order valence-corrected chi connectivity index (χ0v) is 12.8. The lowest BCUT2D eigenvalue weighted by Crippen LogP contribution is -2.37. The highest BCUT2D eigenvalue weighted by molar-refractivity contribution is 6.02. The molecule has 3 rings (SSSR count). The van der Waals surface area contributed by atoms with E-state index in [-0.39, 0.29) is 6.10 Å². The fraction of sp³-hybridized carbons (Fsp3) is 0.278. The molecule has 0 saturated heterocycles. The number of rotatable bonds is 4. The highest BCUT2D eigenvalue weighted by atomic mass is 16.5. The fourth-order valence-corrected chi connectivity index (χ4v) is 2.54. The molecule has 0 bridgehead atoms. The monoisotopic (exact) mass is 295 g/mol. The van der Waals surface area contributed by atoms with Crippen molar-refractivity contribution in [1.29, 1.82) is 0 Å². The van der Waals surface area contributed by atoms with Crippen LogP contribution >= 0.6 is 0 Å². The standard InChI is InChI=1S/C18H21N3O/c1-2-16-18(20-11-10-13-6-4-3-5-7-13)21-15-12-14(19)8-9-17(15)22-16/h3-9,12,16H,2,10-11,19H2,1H3,(H,20,21). The van der Waals surface area contributed by atoms with E-state index >= 15 is 0 Å². The number of aliphatic imine (C=N–C) groups is 1. The predicted octanol–water partition coefficient (Wildman–Crippen LogP) is 3.49. The van der Waals surface area contributed by atoms with E-state index in [9.17, 15) is 0 Å². The topological polar surface area (TPSA) is 59.6 Å². The quantitative estimate of drug-likeness (QED) is 0.849. The number of hydrogen-bond acceptors (Lipinski definition) is 3. The Hall–Kier alpha value is -2.49. The number of anilines is 2. The van der Waals surface area contributed by atoms with Gasteiger partial charge >= 0.3 is 0 Å². The third-order valence-corrected chi connectivity index (χ3v) is 3.74. The van der Waals surface area contributed by atoms with Gasteiger partial charge in [-0.1, -0.05) is 37.3 Å². The predicted molar refractivity (Wildman–Crippen MR) is 91.6 cm³/mol. The summed E-state index contributed by atoms with van der Waals surface area (Å²) in [5.74, 6) is 1.72. The lowest BCUT2D eigenvalue weighted by Gasteiger charge is -2.28. The van der Waals surface area contributed by atoms with Gasteiger partial charge in [0.2, 0.25) is 0 Å². The molecule has 4 nitrogen and oxygen atoms in total. The Labute approximate surface area is 131 Å². The summed E-state index contributed by atoms with van der Waals surface area (Å²) in [6.07, 6.45) is 1.78. The second-order valence-corrected chi connectivity index (χ2v) is 5.40. The van der Waals surface area contributed by atoms with E-state index in [1.165, 1.54) is 5.56 Å². The Morgan fingerprint density at radius 2 is 2.00 bits per heavy atom. The number of nitrogens with two attached hydrogens (primary N) is 1. The minimum Gasteiger partial charge on any atom is -0.480 e. The number of hydrogen-bond donors (Lipinski definition) is 2. The van der Waals surface area contributed by atoms with Crippen molar-refractivity contribution in [3.63, 3.8) is 0 Å². The molecule has 1 heterocycles. The van der Waals surface area contributed by atoms with Gasteiger partial charge < -0.3 is 15.8 Å². The van der Waals surface area contributed by atoms with Gasteiger partial charge in [0.25, 0.3) is 0 Å². The van der Waals surface area contributed by atoms with Crippen molar-refractivity contribution < 1.29 is 4.74 Å². The lowest BCUT2D eigenvalue weighted by molar-refractivity contribution is 0.258. The molecule has 0 saturated carbocycles.